The van der Waals surface area contributed by atoms with Crippen LogP contribution in [0.4, 0.5) is 4.79 Å². The van der Waals surface area contributed by atoms with Crippen LogP contribution in [0.3, 0.4) is 0 Å². The van der Waals surface area contributed by atoms with E-state index in [0.29, 0.717) is 5.02 Å². The van der Waals surface area contributed by atoms with Gasteiger partial charge in [-0.15, -0.1) is 0 Å². The number of nitrogens with one attached hydrogen (secondary N) is 1. The highest BCUT2D eigenvalue weighted by atomic mass is 35.5. The van der Waals surface area contributed by atoms with Crippen molar-refractivity contribution in [3.63, 3.8) is 0 Å². The molecule has 1 N–H and O–H groups in total. The Labute approximate surface area is 93.5 Å². The first kappa shape index (κ1) is 11.5. The number of carbonyl (C=O) groups excluding carboxylic acids is 1. The lowest BCUT2D eigenvalue weighted by atomic mass is 10.2. The zero-order valence-electron chi connectivity index (χ0n) is 8.57. The van der Waals surface area contributed by atoms with E-state index < -0.39 is 0 Å². The molecule has 0 unspecified atom stereocenters. The second kappa shape index (κ2) is 5.36. The lowest BCUT2D eigenvalue weighted by molar-refractivity contribution is 0.218. The van der Waals surface area contributed by atoms with Gasteiger partial charge >= 0.3 is 6.03 Å². The van der Waals surface area contributed by atoms with E-state index >= 15 is 0 Å². The molecule has 0 spiro atoms. The van der Waals surface area contributed by atoms with Gasteiger partial charge in [-0.25, -0.2) is 10.2 Å². The van der Waals surface area contributed by atoms with Gasteiger partial charge < -0.3 is 4.90 Å². The Morgan fingerprint density at radius 1 is 1.47 bits per heavy atom. The molecule has 0 bridgehead atoms. The van der Waals surface area contributed by atoms with Gasteiger partial charge in [0.1, 0.15) is 0 Å². The zero-order valence-corrected chi connectivity index (χ0v) is 9.32. The molecule has 0 saturated carbocycles. The van der Waals surface area contributed by atoms with Crippen molar-refractivity contribution >= 4 is 23.8 Å². The van der Waals surface area contributed by atoms with E-state index in [1.54, 1.807) is 20.2 Å². The number of halogens is 1. The number of rotatable bonds is 2. The van der Waals surface area contributed by atoms with Crippen molar-refractivity contribution in [1.29, 1.82) is 0 Å². The van der Waals surface area contributed by atoms with E-state index in [2.05, 4.69) is 10.5 Å². The van der Waals surface area contributed by atoms with Crippen LogP contribution in [0.25, 0.3) is 0 Å². The van der Waals surface area contributed by atoms with E-state index in [0.717, 1.165) is 5.56 Å². The highest BCUT2D eigenvalue weighted by molar-refractivity contribution is 6.33. The zero-order chi connectivity index (χ0) is 11.3. The summed E-state index contributed by atoms with van der Waals surface area (Å²) in [5.41, 5.74) is 3.12. The first-order valence-corrected chi connectivity index (χ1v) is 4.74. The van der Waals surface area contributed by atoms with Crippen LogP contribution in [0.15, 0.2) is 29.4 Å². The molecule has 0 aliphatic heterocycles. The summed E-state index contributed by atoms with van der Waals surface area (Å²) in [6, 6.07) is 6.97. The highest BCUT2D eigenvalue weighted by Crippen LogP contribution is 2.11. The monoisotopic (exact) mass is 225 g/mol. The van der Waals surface area contributed by atoms with Gasteiger partial charge in [0.05, 0.1) is 6.21 Å². The summed E-state index contributed by atoms with van der Waals surface area (Å²) >= 11 is 5.89. The van der Waals surface area contributed by atoms with Gasteiger partial charge in [0.15, 0.2) is 0 Å². The topological polar surface area (TPSA) is 44.7 Å². The summed E-state index contributed by atoms with van der Waals surface area (Å²) in [7, 11) is 3.28. The van der Waals surface area contributed by atoms with Gasteiger partial charge in [-0.3, -0.25) is 0 Å². The first-order chi connectivity index (χ1) is 7.11. The molecule has 2 amide bonds. The first-order valence-electron chi connectivity index (χ1n) is 4.36. The number of benzene rings is 1. The molecule has 0 saturated heterocycles. The molecule has 1 aromatic carbocycles. The van der Waals surface area contributed by atoms with E-state index in [-0.39, 0.29) is 6.03 Å². The van der Waals surface area contributed by atoms with Gasteiger partial charge in [0, 0.05) is 24.7 Å². The summed E-state index contributed by atoms with van der Waals surface area (Å²) in [5.74, 6) is 0. The van der Waals surface area contributed by atoms with E-state index in [4.69, 9.17) is 11.6 Å². The Hall–Kier alpha value is -1.55. The van der Waals surface area contributed by atoms with Crippen LogP contribution in [0.2, 0.25) is 5.02 Å². The smallest absolute Gasteiger partial charge is 0.329 e. The number of urea groups is 1. The van der Waals surface area contributed by atoms with Crippen LogP contribution in [-0.2, 0) is 0 Å². The van der Waals surface area contributed by atoms with E-state index in [9.17, 15) is 4.79 Å². The van der Waals surface area contributed by atoms with Crippen LogP contribution in [0.5, 0.6) is 0 Å². The summed E-state index contributed by atoms with van der Waals surface area (Å²) in [5, 5.41) is 4.37. The minimum atomic E-state index is -0.279. The molecular weight excluding hydrogens is 214 g/mol. The van der Waals surface area contributed by atoms with Gasteiger partial charge in [-0.2, -0.15) is 5.10 Å². The predicted octanol–water partition coefficient (Wildman–Crippen LogP) is 1.95. The maximum atomic E-state index is 11.1. The number of hydrogen-bond donors (Lipinski definition) is 1. The van der Waals surface area contributed by atoms with Crippen molar-refractivity contribution in [1.82, 2.24) is 10.3 Å². The number of hydrazone groups is 1. The third-order valence-electron chi connectivity index (χ3n) is 1.68. The average Bonchev–Trinajstić information content (AvgIpc) is 2.20. The minimum absolute atomic E-state index is 0.279. The second-order valence-corrected chi connectivity index (χ2v) is 3.50. The lowest BCUT2D eigenvalue weighted by Gasteiger charge is -2.07. The van der Waals surface area contributed by atoms with Crippen molar-refractivity contribution < 1.29 is 4.79 Å². The van der Waals surface area contributed by atoms with Crippen molar-refractivity contribution in [3.05, 3.63) is 34.9 Å². The van der Waals surface area contributed by atoms with Crippen LogP contribution in [-0.4, -0.2) is 31.2 Å². The van der Waals surface area contributed by atoms with Gasteiger partial charge in [-0.1, -0.05) is 29.8 Å². The molecule has 0 aliphatic rings. The molecule has 0 radical (unpaired) electrons. The molecule has 0 atom stereocenters. The van der Waals surface area contributed by atoms with Gasteiger partial charge in [-0.05, 0) is 6.07 Å². The number of amides is 2. The molecule has 4 nitrogen and oxygen atoms in total. The molecule has 1 rings (SSSR count). The maximum Gasteiger partial charge on any atom is 0.337 e. The summed E-state index contributed by atoms with van der Waals surface area (Å²) in [4.78, 5) is 12.5. The van der Waals surface area contributed by atoms with Crippen molar-refractivity contribution in [2.45, 2.75) is 0 Å². The highest BCUT2D eigenvalue weighted by Gasteiger charge is 1.99. The molecule has 5 heteroatoms. The maximum absolute atomic E-state index is 11.1. The van der Waals surface area contributed by atoms with Crippen molar-refractivity contribution in [2.24, 2.45) is 5.10 Å². The molecule has 0 heterocycles. The minimum Gasteiger partial charge on any atom is -0.329 e. The summed E-state index contributed by atoms with van der Waals surface area (Å²) < 4.78 is 0. The fourth-order valence-electron chi connectivity index (χ4n) is 0.837. The predicted molar refractivity (Wildman–Crippen MR) is 61.3 cm³/mol. The Balaban J connectivity index is 2.59. The fourth-order valence-corrected chi connectivity index (χ4v) is 1.02. The van der Waals surface area contributed by atoms with E-state index in [1.807, 2.05) is 18.2 Å². The van der Waals surface area contributed by atoms with Gasteiger partial charge in [0.2, 0.25) is 0 Å². The Kier molecular flexibility index (Phi) is 4.12. The van der Waals surface area contributed by atoms with Crippen LogP contribution < -0.4 is 5.43 Å². The van der Waals surface area contributed by atoms with Crippen LogP contribution >= 0.6 is 11.6 Å². The van der Waals surface area contributed by atoms with Crippen molar-refractivity contribution in [2.75, 3.05) is 14.1 Å². The SMILES string of the molecule is CN(C)C(=O)N/N=C/c1ccccc1Cl. The second-order valence-electron chi connectivity index (χ2n) is 3.09. The fraction of sp³-hybridized carbons (Fsp3) is 0.200. The van der Waals surface area contributed by atoms with Crippen LogP contribution in [0, 0.1) is 0 Å². The molecule has 15 heavy (non-hydrogen) atoms. The quantitative estimate of drug-likeness (QED) is 0.607. The standard InChI is InChI=1S/C10H12ClN3O/c1-14(2)10(15)13-12-7-8-5-3-4-6-9(8)11/h3-7H,1-2H3,(H,13,15)/b12-7+. The van der Waals surface area contributed by atoms with E-state index in [1.165, 1.54) is 11.1 Å². The number of hydrogen-bond acceptors (Lipinski definition) is 2. The normalized spacial score (nSPS) is 10.3. The summed E-state index contributed by atoms with van der Waals surface area (Å²) in [6.07, 6.45) is 1.50. The third-order valence-corrected chi connectivity index (χ3v) is 2.02. The lowest BCUT2D eigenvalue weighted by Crippen LogP contribution is -2.31. The molecule has 0 fully saturated rings. The third kappa shape index (κ3) is 3.59. The largest absolute Gasteiger partial charge is 0.337 e. The number of carbonyl (C=O) groups is 1. The van der Waals surface area contributed by atoms with Gasteiger partial charge in [0.25, 0.3) is 0 Å². The molecule has 1 aromatic rings. The molecule has 80 valence electrons. The van der Waals surface area contributed by atoms with Crippen LogP contribution in [0.1, 0.15) is 5.56 Å². The Morgan fingerprint density at radius 3 is 2.73 bits per heavy atom. The molecule has 0 aromatic heterocycles. The Morgan fingerprint density at radius 2 is 2.13 bits per heavy atom. The Bertz CT molecular complexity index is 377. The molecule has 0 aliphatic carbocycles. The molecular formula is C10H12ClN3O. The summed E-state index contributed by atoms with van der Waals surface area (Å²) in [6.45, 7) is 0. The average molecular weight is 226 g/mol. The van der Waals surface area contributed by atoms with Crippen molar-refractivity contribution in [3.8, 4) is 0 Å². The number of nitrogens with zero attached hydrogens (tertiary/aromatic N) is 2.